The number of rotatable bonds is 3. The highest BCUT2D eigenvalue weighted by molar-refractivity contribution is 5.99. The standard InChI is InChI=1S/C17H22N6O3/c24-14-10-22(8-6-18-14)13-4-1-3-12(15(13)25)21-17(26)11-9-20-23-7-2-5-19-16(11)23/h2,5,7,9,12-13,15,25H,1,3-4,6,8,10H2,(H,18,24)(H,21,26)/t12-,13-,15-/m1/s1. The molecule has 0 aromatic carbocycles. The minimum Gasteiger partial charge on any atom is -0.389 e. The van der Waals surface area contributed by atoms with E-state index >= 15 is 0 Å². The second kappa shape index (κ2) is 7.00. The molecule has 9 nitrogen and oxygen atoms in total. The summed E-state index contributed by atoms with van der Waals surface area (Å²) in [6.07, 6.45) is 6.52. The smallest absolute Gasteiger partial charge is 0.257 e. The van der Waals surface area contributed by atoms with Crippen molar-refractivity contribution in [1.82, 2.24) is 30.1 Å². The molecular weight excluding hydrogens is 336 g/mol. The van der Waals surface area contributed by atoms with Crippen molar-refractivity contribution >= 4 is 17.5 Å². The molecule has 26 heavy (non-hydrogen) atoms. The van der Waals surface area contributed by atoms with Crippen molar-refractivity contribution in [2.75, 3.05) is 19.6 Å². The summed E-state index contributed by atoms with van der Waals surface area (Å²) in [6, 6.07) is 1.26. The highest BCUT2D eigenvalue weighted by Gasteiger charge is 2.38. The number of aromatic nitrogens is 3. The molecule has 2 aromatic heterocycles. The van der Waals surface area contributed by atoms with Crippen LogP contribution in [0.4, 0.5) is 0 Å². The summed E-state index contributed by atoms with van der Waals surface area (Å²) >= 11 is 0. The van der Waals surface area contributed by atoms with Crippen molar-refractivity contribution in [3.8, 4) is 0 Å². The molecule has 2 amide bonds. The molecule has 1 aliphatic heterocycles. The Morgan fingerprint density at radius 3 is 3.12 bits per heavy atom. The number of piperazine rings is 1. The lowest BCUT2D eigenvalue weighted by molar-refractivity contribution is -0.126. The molecule has 3 atom stereocenters. The molecule has 0 bridgehead atoms. The van der Waals surface area contributed by atoms with Crippen molar-refractivity contribution in [2.24, 2.45) is 0 Å². The van der Waals surface area contributed by atoms with Gasteiger partial charge in [0.25, 0.3) is 5.91 Å². The van der Waals surface area contributed by atoms with Gasteiger partial charge in [0, 0.05) is 31.5 Å². The minimum atomic E-state index is -0.714. The number of nitrogens with one attached hydrogen (secondary N) is 2. The van der Waals surface area contributed by atoms with Crippen LogP contribution in [0.5, 0.6) is 0 Å². The van der Waals surface area contributed by atoms with E-state index in [1.807, 2.05) is 4.90 Å². The molecule has 2 aliphatic rings. The van der Waals surface area contributed by atoms with Gasteiger partial charge in [-0.1, -0.05) is 0 Å². The molecular formula is C17H22N6O3. The van der Waals surface area contributed by atoms with Crippen LogP contribution in [0.15, 0.2) is 24.7 Å². The molecule has 9 heteroatoms. The van der Waals surface area contributed by atoms with Crippen molar-refractivity contribution in [1.29, 1.82) is 0 Å². The van der Waals surface area contributed by atoms with E-state index in [1.54, 1.807) is 23.0 Å². The number of fused-ring (bicyclic) bond motifs is 1. The summed E-state index contributed by atoms with van der Waals surface area (Å²) in [4.78, 5) is 30.5. The van der Waals surface area contributed by atoms with Gasteiger partial charge in [-0.25, -0.2) is 9.50 Å². The Morgan fingerprint density at radius 2 is 2.27 bits per heavy atom. The first-order valence-electron chi connectivity index (χ1n) is 8.91. The molecule has 138 valence electrons. The lowest BCUT2D eigenvalue weighted by Gasteiger charge is -2.42. The third-order valence-corrected chi connectivity index (χ3v) is 5.20. The van der Waals surface area contributed by atoms with E-state index < -0.39 is 6.10 Å². The highest BCUT2D eigenvalue weighted by Crippen LogP contribution is 2.25. The quantitative estimate of drug-likeness (QED) is 0.661. The van der Waals surface area contributed by atoms with Gasteiger partial charge in [-0.15, -0.1) is 0 Å². The van der Waals surface area contributed by atoms with Gasteiger partial charge in [0.1, 0.15) is 5.56 Å². The van der Waals surface area contributed by atoms with E-state index in [2.05, 4.69) is 20.7 Å². The Bertz CT molecular complexity index is 822. The average molecular weight is 358 g/mol. The molecule has 4 rings (SSSR count). The Morgan fingerprint density at radius 1 is 1.38 bits per heavy atom. The topological polar surface area (TPSA) is 112 Å². The van der Waals surface area contributed by atoms with Gasteiger partial charge in [0.05, 0.1) is 24.9 Å². The number of carbonyl (C=O) groups is 2. The van der Waals surface area contributed by atoms with E-state index in [4.69, 9.17) is 0 Å². The van der Waals surface area contributed by atoms with Crippen LogP contribution in [0, 0.1) is 0 Å². The number of aliphatic hydroxyl groups excluding tert-OH is 1. The highest BCUT2D eigenvalue weighted by atomic mass is 16.3. The Balaban J connectivity index is 1.47. The van der Waals surface area contributed by atoms with Gasteiger partial charge in [0.2, 0.25) is 5.91 Å². The van der Waals surface area contributed by atoms with Crippen molar-refractivity contribution < 1.29 is 14.7 Å². The zero-order valence-electron chi connectivity index (χ0n) is 14.3. The summed E-state index contributed by atoms with van der Waals surface area (Å²) in [6.45, 7) is 1.60. The Hall–Kier alpha value is -2.52. The second-order valence-corrected chi connectivity index (χ2v) is 6.84. The van der Waals surface area contributed by atoms with Crippen LogP contribution in [-0.4, -0.2) is 74.2 Å². The zero-order chi connectivity index (χ0) is 18.1. The van der Waals surface area contributed by atoms with E-state index in [0.717, 1.165) is 12.8 Å². The lowest BCUT2D eigenvalue weighted by Crippen LogP contribution is -2.60. The molecule has 1 aliphatic carbocycles. The number of hydrogen-bond donors (Lipinski definition) is 3. The number of amides is 2. The van der Waals surface area contributed by atoms with Gasteiger partial charge in [0.15, 0.2) is 5.65 Å². The third kappa shape index (κ3) is 3.15. The fourth-order valence-corrected chi connectivity index (χ4v) is 3.89. The molecule has 0 unspecified atom stereocenters. The van der Waals surface area contributed by atoms with Crippen LogP contribution in [-0.2, 0) is 4.79 Å². The number of carbonyl (C=O) groups excluding carboxylic acids is 2. The summed E-state index contributed by atoms with van der Waals surface area (Å²) in [7, 11) is 0. The summed E-state index contributed by atoms with van der Waals surface area (Å²) in [5.74, 6) is -0.313. The van der Waals surface area contributed by atoms with Crippen LogP contribution in [0.3, 0.4) is 0 Å². The summed E-state index contributed by atoms with van der Waals surface area (Å²) < 4.78 is 1.54. The van der Waals surface area contributed by atoms with Gasteiger partial charge in [-0.05, 0) is 25.3 Å². The Kier molecular flexibility index (Phi) is 4.56. The van der Waals surface area contributed by atoms with Crippen molar-refractivity contribution in [3.63, 3.8) is 0 Å². The molecule has 1 saturated carbocycles. The maximum Gasteiger partial charge on any atom is 0.257 e. The lowest BCUT2D eigenvalue weighted by atomic mass is 9.86. The van der Waals surface area contributed by atoms with Crippen LogP contribution >= 0.6 is 0 Å². The van der Waals surface area contributed by atoms with Crippen LogP contribution in [0.25, 0.3) is 5.65 Å². The maximum absolute atomic E-state index is 12.7. The largest absolute Gasteiger partial charge is 0.389 e. The SMILES string of the molecule is O=C1CN([C@@H]2CCC[C@@H](NC(=O)c3cnn4cccnc34)[C@H]2O)CCN1. The second-order valence-electron chi connectivity index (χ2n) is 6.84. The first-order valence-corrected chi connectivity index (χ1v) is 8.91. The zero-order valence-corrected chi connectivity index (χ0v) is 14.3. The molecule has 0 radical (unpaired) electrons. The van der Waals surface area contributed by atoms with Crippen molar-refractivity contribution in [3.05, 3.63) is 30.2 Å². The molecule has 1 saturated heterocycles. The molecule has 2 fully saturated rings. The summed E-state index contributed by atoms with van der Waals surface area (Å²) in [5.41, 5.74) is 0.872. The predicted molar refractivity (Wildman–Crippen MR) is 92.5 cm³/mol. The normalized spacial score (nSPS) is 27.3. The molecule has 3 heterocycles. The monoisotopic (exact) mass is 358 g/mol. The van der Waals surface area contributed by atoms with Crippen molar-refractivity contribution in [2.45, 2.75) is 37.5 Å². The van der Waals surface area contributed by atoms with Crippen LogP contribution < -0.4 is 10.6 Å². The molecule has 2 aromatic rings. The predicted octanol–water partition coefficient (Wildman–Crippen LogP) is -0.827. The van der Waals surface area contributed by atoms with Gasteiger partial charge in [-0.2, -0.15) is 5.10 Å². The fourth-order valence-electron chi connectivity index (χ4n) is 3.89. The van der Waals surface area contributed by atoms with E-state index in [-0.39, 0.29) is 23.9 Å². The first kappa shape index (κ1) is 16.9. The first-order chi connectivity index (χ1) is 12.6. The van der Waals surface area contributed by atoms with Crippen LogP contribution in [0.2, 0.25) is 0 Å². The third-order valence-electron chi connectivity index (χ3n) is 5.20. The minimum absolute atomic E-state index is 0.0213. The van der Waals surface area contributed by atoms with Gasteiger partial charge in [-0.3, -0.25) is 14.5 Å². The fraction of sp³-hybridized carbons (Fsp3) is 0.529. The van der Waals surface area contributed by atoms with E-state index in [9.17, 15) is 14.7 Å². The van der Waals surface area contributed by atoms with Gasteiger partial charge >= 0.3 is 0 Å². The maximum atomic E-state index is 12.7. The van der Waals surface area contributed by atoms with Gasteiger partial charge < -0.3 is 15.7 Å². The van der Waals surface area contributed by atoms with E-state index in [0.29, 0.717) is 37.3 Å². The Labute approximate surface area is 150 Å². The van der Waals surface area contributed by atoms with E-state index in [1.165, 1.54) is 6.20 Å². The van der Waals surface area contributed by atoms with Crippen LogP contribution in [0.1, 0.15) is 29.6 Å². The number of hydrogen-bond acceptors (Lipinski definition) is 6. The average Bonchev–Trinajstić information content (AvgIpc) is 3.08. The number of aliphatic hydroxyl groups is 1. The summed E-state index contributed by atoms with van der Waals surface area (Å²) in [5, 5.41) is 20.7. The molecule has 0 spiro atoms. The number of nitrogens with zero attached hydrogens (tertiary/aromatic N) is 4. The molecule has 3 N–H and O–H groups in total.